The molecule has 3 heteroatoms. The van der Waals surface area contributed by atoms with Crippen molar-refractivity contribution in [3.8, 4) is 0 Å². The van der Waals surface area contributed by atoms with Crippen LogP contribution in [0.1, 0.15) is 41.2 Å². The lowest BCUT2D eigenvalue weighted by molar-refractivity contribution is 0.218. The first kappa shape index (κ1) is 16.8. The fraction of sp³-hybridized carbons (Fsp3) is 0.474. The third-order valence-corrected chi connectivity index (χ3v) is 4.29. The van der Waals surface area contributed by atoms with Gasteiger partial charge in [0.15, 0.2) is 0 Å². The molecule has 0 saturated carbocycles. The predicted octanol–water partition coefficient (Wildman–Crippen LogP) is 3.71. The van der Waals surface area contributed by atoms with E-state index in [9.17, 15) is 5.11 Å². The zero-order valence-corrected chi connectivity index (χ0v) is 14.0. The molecule has 0 spiro atoms. The summed E-state index contributed by atoms with van der Waals surface area (Å²) >= 11 is 0. The number of benzene rings is 1. The van der Waals surface area contributed by atoms with Crippen LogP contribution in [0.4, 0.5) is 0 Å². The number of aliphatic hydroxyl groups excluding tert-OH is 1. The number of rotatable bonds is 7. The number of nitrogens with one attached hydrogen (secondary N) is 1. The van der Waals surface area contributed by atoms with Crippen LogP contribution in [-0.2, 0) is 6.42 Å². The quantitative estimate of drug-likeness (QED) is 0.819. The smallest absolute Gasteiger partial charge is 0.105 e. The second-order valence-electron chi connectivity index (χ2n) is 6.18. The molecule has 0 aliphatic rings. The van der Waals surface area contributed by atoms with Crippen LogP contribution in [0.25, 0.3) is 0 Å². The van der Waals surface area contributed by atoms with E-state index in [1.807, 2.05) is 13.8 Å². The van der Waals surface area contributed by atoms with Crippen LogP contribution in [0.15, 0.2) is 34.7 Å². The molecule has 0 bridgehead atoms. The Morgan fingerprint density at radius 2 is 1.91 bits per heavy atom. The van der Waals surface area contributed by atoms with Gasteiger partial charge in [-0.25, -0.2) is 0 Å². The molecule has 2 aromatic rings. The van der Waals surface area contributed by atoms with Crippen molar-refractivity contribution in [2.75, 3.05) is 13.2 Å². The van der Waals surface area contributed by atoms with E-state index >= 15 is 0 Å². The van der Waals surface area contributed by atoms with Gasteiger partial charge in [0.25, 0.3) is 0 Å². The summed E-state index contributed by atoms with van der Waals surface area (Å²) in [5, 5.41) is 13.2. The molecule has 2 atom stereocenters. The molecule has 2 N–H and O–H groups in total. The van der Waals surface area contributed by atoms with Crippen molar-refractivity contribution in [1.29, 1.82) is 0 Å². The van der Waals surface area contributed by atoms with Crippen molar-refractivity contribution in [2.24, 2.45) is 5.92 Å². The summed E-state index contributed by atoms with van der Waals surface area (Å²) in [4.78, 5) is 0. The Hall–Kier alpha value is -1.58. The highest BCUT2D eigenvalue weighted by Gasteiger charge is 2.15. The van der Waals surface area contributed by atoms with Gasteiger partial charge in [0.1, 0.15) is 11.5 Å². The first-order valence-corrected chi connectivity index (χ1v) is 7.97. The highest BCUT2D eigenvalue weighted by atomic mass is 16.3. The van der Waals surface area contributed by atoms with E-state index in [0.717, 1.165) is 24.5 Å². The van der Waals surface area contributed by atoms with Crippen molar-refractivity contribution in [3.63, 3.8) is 0 Å². The molecule has 0 amide bonds. The number of hydrogen-bond donors (Lipinski definition) is 2. The fourth-order valence-electron chi connectivity index (χ4n) is 2.89. The average molecular weight is 301 g/mol. The standard InChI is InChI=1S/C19H27NO2/c1-13-7-5-6-8-18(13)10-17(12-21)11-20-15(3)19-9-14(2)22-16(19)4/h5-9,15,17,20-21H,10-12H2,1-4H3. The summed E-state index contributed by atoms with van der Waals surface area (Å²) in [5.41, 5.74) is 3.80. The third kappa shape index (κ3) is 4.21. The molecule has 2 unspecified atom stereocenters. The summed E-state index contributed by atoms with van der Waals surface area (Å²) in [6.45, 7) is 9.21. The molecule has 0 saturated heterocycles. The molecule has 0 aliphatic heterocycles. The van der Waals surface area contributed by atoms with E-state index in [4.69, 9.17) is 4.42 Å². The Bertz CT molecular complexity index is 603. The van der Waals surface area contributed by atoms with E-state index < -0.39 is 0 Å². The minimum absolute atomic E-state index is 0.192. The normalized spacial score (nSPS) is 14.0. The van der Waals surface area contributed by atoms with E-state index in [0.29, 0.717) is 0 Å². The summed E-state index contributed by atoms with van der Waals surface area (Å²) in [6.07, 6.45) is 0.895. The zero-order chi connectivity index (χ0) is 16.1. The van der Waals surface area contributed by atoms with Crippen molar-refractivity contribution in [2.45, 2.75) is 40.2 Å². The minimum atomic E-state index is 0.192. The van der Waals surface area contributed by atoms with Crippen LogP contribution < -0.4 is 5.32 Å². The van der Waals surface area contributed by atoms with Crippen LogP contribution in [0, 0.1) is 26.7 Å². The van der Waals surface area contributed by atoms with Crippen molar-refractivity contribution >= 4 is 0 Å². The molecule has 3 nitrogen and oxygen atoms in total. The predicted molar refractivity (Wildman–Crippen MR) is 90.1 cm³/mol. The maximum Gasteiger partial charge on any atom is 0.105 e. The first-order chi connectivity index (χ1) is 10.5. The Labute approximate surface area is 133 Å². The van der Waals surface area contributed by atoms with Gasteiger partial charge in [0, 0.05) is 24.8 Å². The molecule has 0 aliphatic carbocycles. The van der Waals surface area contributed by atoms with Crippen LogP contribution in [0.2, 0.25) is 0 Å². The molecular weight excluding hydrogens is 274 g/mol. The van der Waals surface area contributed by atoms with Crippen LogP contribution >= 0.6 is 0 Å². The Balaban J connectivity index is 1.93. The van der Waals surface area contributed by atoms with Crippen molar-refractivity contribution in [1.82, 2.24) is 5.32 Å². The minimum Gasteiger partial charge on any atom is -0.466 e. The second kappa shape index (κ2) is 7.61. The molecule has 1 aromatic heterocycles. The summed E-state index contributed by atoms with van der Waals surface area (Å²) in [5.74, 6) is 2.13. The summed E-state index contributed by atoms with van der Waals surface area (Å²) in [7, 11) is 0. The molecular formula is C19H27NO2. The highest BCUT2D eigenvalue weighted by Crippen LogP contribution is 2.21. The van der Waals surface area contributed by atoms with E-state index in [1.54, 1.807) is 0 Å². The topological polar surface area (TPSA) is 45.4 Å². The number of furan rings is 1. The van der Waals surface area contributed by atoms with Gasteiger partial charge >= 0.3 is 0 Å². The molecule has 22 heavy (non-hydrogen) atoms. The van der Waals surface area contributed by atoms with Gasteiger partial charge in [-0.3, -0.25) is 0 Å². The third-order valence-electron chi connectivity index (χ3n) is 4.29. The maximum absolute atomic E-state index is 9.66. The van der Waals surface area contributed by atoms with Gasteiger partial charge in [0.2, 0.25) is 0 Å². The van der Waals surface area contributed by atoms with Gasteiger partial charge in [-0.2, -0.15) is 0 Å². The largest absolute Gasteiger partial charge is 0.466 e. The van der Waals surface area contributed by atoms with Crippen LogP contribution in [0.5, 0.6) is 0 Å². The molecule has 120 valence electrons. The molecule has 0 radical (unpaired) electrons. The van der Waals surface area contributed by atoms with Gasteiger partial charge in [-0.1, -0.05) is 24.3 Å². The van der Waals surface area contributed by atoms with E-state index in [-0.39, 0.29) is 18.6 Å². The Morgan fingerprint density at radius 3 is 2.50 bits per heavy atom. The maximum atomic E-state index is 9.66. The second-order valence-corrected chi connectivity index (χ2v) is 6.18. The van der Waals surface area contributed by atoms with Gasteiger partial charge in [-0.05, 0) is 57.2 Å². The molecule has 1 heterocycles. The highest BCUT2D eigenvalue weighted by molar-refractivity contribution is 5.26. The molecule has 2 rings (SSSR count). The first-order valence-electron chi connectivity index (χ1n) is 7.97. The van der Waals surface area contributed by atoms with Gasteiger partial charge < -0.3 is 14.8 Å². The average Bonchev–Trinajstić information content (AvgIpc) is 2.83. The Kier molecular flexibility index (Phi) is 5.81. The number of aryl methyl sites for hydroxylation is 3. The zero-order valence-electron chi connectivity index (χ0n) is 14.0. The summed E-state index contributed by atoms with van der Waals surface area (Å²) < 4.78 is 5.59. The lowest BCUT2D eigenvalue weighted by Crippen LogP contribution is -2.29. The molecule has 0 fully saturated rings. The van der Waals surface area contributed by atoms with Crippen LogP contribution in [-0.4, -0.2) is 18.3 Å². The SMILES string of the molecule is Cc1cc(C(C)NCC(CO)Cc2ccccc2C)c(C)o1. The number of hydrogen-bond acceptors (Lipinski definition) is 3. The van der Waals surface area contributed by atoms with E-state index in [1.165, 1.54) is 16.7 Å². The monoisotopic (exact) mass is 301 g/mol. The summed E-state index contributed by atoms with van der Waals surface area (Å²) in [6, 6.07) is 10.7. The van der Waals surface area contributed by atoms with Gasteiger partial charge in [-0.15, -0.1) is 0 Å². The number of aliphatic hydroxyl groups is 1. The van der Waals surface area contributed by atoms with Crippen LogP contribution in [0.3, 0.4) is 0 Å². The van der Waals surface area contributed by atoms with Gasteiger partial charge in [0.05, 0.1) is 0 Å². The Morgan fingerprint density at radius 1 is 1.18 bits per heavy atom. The fourth-order valence-corrected chi connectivity index (χ4v) is 2.89. The van der Waals surface area contributed by atoms with E-state index in [2.05, 4.69) is 49.5 Å². The van der Waals surface area contributed by atoms with Crippen molar-refractivity contribution in [3.05, 3.63) is 58.5 Å². The lowest BCUT2D eigenvalue weighted by Gasteiger charge is -2.20. The van der Waals surface area contributed by atoms with Crippen molar-refractivity contribution < 1.29 is 9.52 Å². The lowest BCUT2D eigenvalue weighted by atomic mass is 9.96. The molecule has 1 aromatic carbocycles.